The average Bonchev–Trinajstić information content (AvgIpc) is 2.78. The smallest absolute Gasteiger partial charge is 0.266 e. The molecule has 0 saturated carbocycles. The van der Waals surface area contributed by atoms with Crippen molar-refractivity contribution in [3.05, 3.63) is 5.89 Å². The third-order valence-electron chi connectivity index (χ3n) is 3.09. The summed E-state index contributed by atoms with van der Waals surface area (Å²) in [4.78, 5) is 6.54. The lowest BCUT2D eigenvalue weighted by atomic mass is 10.0. The summed E-state index contributed by atoms with van der Waals surface area (Å²) in [5, 5.41) is 7.34. The zero-order valence-corrected chi connectivity index (χ0v) is 12.2. The Morgan fingerprint density at radius 1 is 1.28 bits per heavy atom. The first-order valence-electron chi connectivity index (χ1n) is 6.85. The minimum absolute atomic E-state index is 0.398. The van der Waals surface area contributed by atoms with Crippen LogP contribution in [0.4, 0.5) is 5.95 Å². The van der Waals surface area contributed by atoms with Gasteiger partial charge in [-0.15, -0.1) is 0 Å². The molecule has 1 N–H and O–H groups in total. The largest absolute Gasteiger partial charge is 0.339 e. The first-order valence-corrected chi connectivity index (χ1v) is 6.85. The molecule has 18 heavy (non-hydrogen) atoms. The van der Waals surface area contributed by atoms with Crippen molar-refractivity contribution in [2.45, 2.75) is 46.6 Å². The van der Waals surface area contributed by atoms with Gasteiger partial charge in [0.1, 0.15) is 0 Å². The van der Waals surface area contributed by atoms with Crippen LogP contribution in [0.3, 0.4) is 0 Å². The van der Waals surface area contributed by atoms with Crippen LogP contribution in [-0.4, -0.2) is 36.3 Å². The molecule has 0 radical (unpaired) electrons. The number of rotatable bonds is 8. The van der Waals surface area contributed by atoms with E-state index in [0.29, 0.717) is 17.9 Å². The van der Waals surface area contributed by atoms with E-state index in [1.54, 1.807) is 0 Å². The van der Waals surface area contributed by atoms with Crippen LogP contribution in [0.25, 0.3) is 0 Å². The second-order valence-electron chi connectivity index (χ2n) is 4.98. The van der Waals surface area contributed by atoms with Gasteiger partial charge in [-0.3, -0.25) is 0 Å². The molecule has 0 saturated heterocycles. The maximum atomic E-state index is 5.32. The van der Waals surface area contributed by atoms with Crippen LogP contribution in [0.15, 0.2) is 4.52 Å². The van der Waals surface area contributed by atoms with Crippen molar-refractivity contribution >= 4 is 5.95 Å². The molecule has 1 heterocycles. The summed E-state index contributed by atoms with van der Waals surface area (Å²) in [6.45, 7) is 10.4. The highest BCUT2D eigenvalue weighted by molar-refractivity contribution is 5.26. The van der Waals surface area contributed by atoms with Gasteiger partial charge < -0.3 is 14.7 Å². The third-order valence-corrected chi connectivity index (χ3v) is 3.09. The molecule has 0 spiro atoms. The summed E-state index contributed by atoms with van der Waals surface area (Å²) in [5.41, 5.74) is 0. The number of aromatic nitrogens is 2. The number of nitrogens with zero attached hydrogens (tertiary/aromatic N) is 3. The Hall–Kier alpha value is -1.10. The third kappa shape index (κ3) is 4.29. The summed E-state index contributed by atoms with van der Waals surface area (Å²) < 4.78 is 5.32. The molecule has 1 rings (SSSR count). The lowest BCUT2D eigenvalue weighted by Gasteiger charge is -2.16. The van der Waals surface area contributed by atoms with Gasteiger partial charge >= 0.3 is 0 Å². The maximum absolute atomic E-state index is 5.32. The van der Waals surface area contributed by atoms with E-state index < -0.39 is 0 Å². The lowest BCUT2D eigenvalue weighted by molar-refractivity contribution is 0.344. The predicted octanol–water partition coefficient (Wildman–Crippen LogP) is 2.09. The normalized spacial score (nSPS) is 13.0. The zero-order valence-electron chi connectivity index (χ0n) is 12.2. The van der Waals surface area contributed by atoms with Gasteiger partial charge in [-0.25, -0.2) is 0 Å². The number of hydrogen-bond acceptors (Lipinski definition) is 5. The Balaban J connectivity index is 2.62. The van der Waals surface area contributed by atoms with Crippen molar-refractivity contribution in [3.8, 4) is 0 Å². The van der Waals surface area contributed by atoms with Gasteiger partial charge in [-0.05, 0) is 38.4 Å². The van der Waals surface area contributed by atoms with Crippen LogP contribution >= 0.6 is 0 Å². The minimum atomic E-state index is 0.398. The predicted molar refractivity (Wildman–Crippen MR) is 73.9 cm³/mol. The van der Waals surface area contributed by atoms with Gasteiger partial charge in [0.05, 0.1) is 0 Å². The van der Waals surface area contributed by atoms with E-state index >= 15 is 0 Å². The van der Waals surface area contributed by atoms with E-state index in [4.69, 9.17) is 4.52 Å². The first kappa shape index (κ1) is 15.0. The summed E-state index contributed by atoms with van der Waals surface area (Å²) in [5.74, 6) is 2.08. The van der Waals surface area contributed by atoms with Crippen molar-refractivity contribution in [3.63, 3.8) is 0 Å². The van der Waals surface area contributed by atoms with Gasteiger partial charge in [0.15, 0.2) is 0 Å². The second kappa shape index (κ2) is 7.36. The van der Waals surface area contributed by atoms with Crippen LogP contribution in [0.2, 0.25) is 0 Å². The Bertz CT molecular complexity index is 333. The van der Waals surface area contributed by atoms with Crippen LogP contribution in [0, 0.1) is 5.92 Å². The molecular weight excluding hydrogens is 228 g/mol. The maximum Gasteiger partial charge on any atom is 0.266 e. The highest BCUT2D eigenvalue weighted by atomic mass is 16.5. The van der Waals surface area contributed by atoms with Crippen molar-refractivity contribution in [2.75, 3.05) is 25.0 Å². The summed E-state index contributed by atoms with van der Waals surface area (Å²) in [6.07, 6.45) is 1.91. The second-order valence-corrected chi connectivity index (χ2v) is 4.98. The molecule has 1 unspecified atom stereocenters. The van der Waals surface area contributed by atoms with Gasteiger partial charge in [0, 0.05) is 25.6 Å². The standard InChI is InChI=1S/C13H26N4O/c1-6-17(7-2)13-15-12(18-16-13)9-11(14-5)8-10(3)4/h10-11,14H,6-9H2,1-5H3. The van der Waals surface area contributed by atoms with Crippen molar-refractivity contribution in [2.24, 2.45) is 5.92 Å². The molecule has 0 aliphatic carbocycles. The Kier molecular flexibility index (Phi) is 6.12. The molecule has 0 amide bonds. The van der Waals surface area contributed by atoms with E-state index in [0.717, 1.165) is 31.8 Å². The topological polar surface area (TPSA) is 54.2 Å². The molecular formula is C13H26N4O. The molecule has 5 heteroatoms. The fourth-order valence-corrected chi connectivity index (χ4v) is 2.05. The number of hydrogen-bond donors (Lipinski definition) is 1. The molecule has 104 valence electrons. The summed E-state index contributed by atoms with van der Waals surface area (Å²) in [6, 6.07) is 0.398. The Morgan fingerprint density at radius 2 is 1.94 bits per heavy atom. The molecule has 1 aromatic rings. The Morgan fingerprint density at radius 3 is 2.44 bits per heavy atom. The van der Waals surface area contributed by atoms with Gasteiger partial charge in [0.2, 0.25) is 5.89 Å². The zero-order chi connectivity index (χ0) is 13.5. The van der Waals surface area contributed by atoms with E-state index in [2.05, 4.69) is 48.1 Å². The fraction of sp³-hybridized carbons (Fsp3) is 0.846. The Labute approximate surface area is 110 Å². The van der Waals surface area contributed by atoms with E-state index in [-0.39, 0.29) is 0 Å². The van der Waals surface area contributed by atoms with Crippen LogP contribution in [0.1, 0.15) is 40.0 Å². The lowest BCUT2D eigenvalue weighted by Crippen LogP contribution is -2.29. The van der Waals surface area contributed by atoms with Gasteiger partial charge in [0.25, 0.3) is 5.95 Å². The molecule has 0 aliphatic heterocycles. The van der Waals surface area contributed by atoms with Crippen LogP contribution < -0.4 is 10.2 Å². The van der Waals surface area contributed by atoms with Crippen molar-refractivity contribution in [1.29, 1.82) is 0 Å². The van der Waals surface area contributed by atoms with Crippen LogP contribution in [0.5, 0.6) is 0 Å². The monoisotopic (exact) mass is 254 g/mol. The van der Waals surface area contributed by atoms with E-state index in [1.165, 1.54) is 0 Å². The summed E-state index contributed by atoms with van der Waals surface area (Å²) in [7, 11) is 1.98. The average molecular weight is 254 g/mol. The van der Waals surface area contributed by atoms with Gasteiger partial charge in [-0.2, -0.15) is 4.98 Å². The SMILES string of the molecule is CCN(CC)c1noc(CC(CC(C)C)NC)n1. The molecule has 5 nitrogen and oxygen atoms in total. The molecule has 1 aromatic heterocycles. The highest BCUT2D eigenvalue weighted by Crippen LogP contribution is 2.13. The first-order chi connectivity index (χ1) is 8.60. The molecule has 0 fully saturated rings. The van der Waals surface area contributed by atoms with Crippen molar-refractivity contribution < 1.29 is 4.52 Å². The van der Waals surface area contributed by atoms with E-state index in [1.807, 2.05) is 7.05 Å². The molecule has 1 atom stereocenters. The number of nitrogens with one attached hydrogen (secondary N) is 1. The van der Waals surface area contributed by atoms with Crippen molar-refractivity contribution in [1.82, 2.24) is 15.5 Å². The number of likely N-dealkylation sites (N-methyl/N-ethyl adjacent to an activating group) is 1. The minimum Gasteiger partial charge on any atom is -0.339 e. The van der Waals surface area contributed by atoms with Crippen LogP contribution in [-0.2, 0) is 6.42 Å². The summed E-state index contributed by atoms with van der Waals surface area (Å²) >= 11 is 0. The van der Waals surface area contributed by atoms with Gasteiger partial charge in [-0.1, -0.05) is 13.8 Å². The molecule has 0 bridgehead atoms. The molecule has 0 aromatic carbocycles. The quantitative estimate of drug-likeness (QED) is 0.770. The fourth-order valence-electron chi connectivity index (χ4n) is 2.05. The number of anilines is 1. The highest BCUT2D eigenvalue weighted by Gasteiger charge is 2.16. The van der Waals surface area contributed by atoms with E-state index in [9.17, 15) is 0 Å². The molecule has 0 aliphatic rings.